The number of ketones is 1. The number of aryl methyl sites for hydroxylation is 1. The second-order valence-electron chi connectivity index (χ2n) is 5.50. The van der Waals surface area contributed by atoms with E-state index in [1.807, 2.05) is 0 Å². The molecule has 0 saturated heterocycles. The van der Waals surface area contributed by atoms with E-state index in [1.165, 1.54) is 20.1 Å². The highest BCUT2D eigenvalue weighted by Gasteiger charge is 2.41. The molecule has 1 aromatic carbocycles. The quantitative estimate of drug-likeness (QED) is 0.613. The number of Topliss-reactive ketones (excluding diaryl/α,β-unsaturated/α-hetero) is 1. The van der Waals surface area contributed by atoms with Gasteiger partial charge in [0.05, 0.1) is 5.56 Å². The minimum Gasteiger partial charge on any atom is -0.370 e. The summed E-state index contributed by atoms with van der Waals surface area (Å²) >= 11 is 0. The SMILES string of the molecule is COC1(C(=O)c2c(F)ccc(C)c2F)CCCCCC1. The Balaban J connectivity index is 2.45. The van der Waals surface area contributed by atoms with Crippen molar-refractivity contribution >= 4 is 5.78 Å². The Hall–Kier alpha value is -1.29. The van der Waals surface area contributed by atoms with Crippen molar-refractivity contribution in [3.63, 3.8) is 0 Å². The molecule has 0 amide bonds. The number of methoxy groups -OCH3 is 1. The molecule has 1 aliphatic rings. The van der Waals surface area contributed by atoms with E-state index in [9.17, 15) is 13.6 Å². The van der Waals surface area contributed by atoms with Gasteiger partial charge >= 0.3 is 0 Å². The van der Waals surface area contributed by atoms with E-state index in [0.29, 0.717) is 12.8 Å². The predicted octanol–water partition coefficient (Wildman–Crippen LogP) is 4.20. The molecular weight excluding hydrogens is 262 g/mol. The summed E-state index contributed by atoms with van der Waals surface area (Å²) in [6.07, 6.45) is 4.78. The molecule has 0 N–H and O–H groups in total. The van der Waals surface area contributed by atoms with Crippen LogP contribution >= 0.6 is 0 Å². The third-order valence-corrected chi connectivity index (χ3v) is 4.23. The summed E-state index contributed by atoms with van der Waals surface area (Å²) < 4.78 is 33.5. The molecule has 1 fully saturated rings. The van der Waals surface area contributed by atoms with Gasteiger partial charge in [-0.25, -0.2) is 8.78 Å². The van der Waals surface area contributed by atoms with Crippen LogP contribution in [0.15, 0.2) is 12.1 Å². The van der Waals surface area contributed by atoms with Crippen LogP contribution < -0.4 is 0 Å². The smallest absolute Gasteiger partial charge is 0.200 e. The van der Waals surface area contributed by atoms with Crippen LogP contribution in [0.2, 0.25) is 0 Å². The van der Waals surface area contributed by atoms with Gasteiger partial charge in [0.15, 0.2) is 0 Å². The third-order valence-electron chi connectivity index (χ3n) is 4.23. The van der Waals surface area contributed by atoms with Crippen LogP contribution in [-0.4, -0.2) is 18.5 Å². The number of ether oxygens (including phenoxy) is 1. The number of halogens is 2. The van der Waals surface area contributed by atoms with E-state index in [0.717, 1.165) is 31.7 Å². The normalized spacial score (nSPS) is 18.6. The van der Waals surface area contributed by atoms with Gasteiger partial charge in [0.25, 0.3) is 0 Å². The van der Waals surface area contributed by atoms with Crippen molar-refractivity contribution in [1.29, 1.82) is 0 Å². The zero-order valence-corrected chi connectivity index (χ0v) is 12.0. The first-order valence-corrected chi connectivity index (χ1v) is 7.06. The Bertz CT molecular complexity index is 503. The number of carbonyl (C=O) groups is 1. The van der Waals surface area contributed by atoms with Gasteiger partial charge in [0, 0.05) is 7.11 Å². The van der Waals surface area contributed by atoms with Crippen molar-refractivity contribution in [1.82, 2.24) is 0 Å². The van der Waals surface area contributed by atoms with Gasteiger partial charge in [-0.15, -0.1) is 0 Å². The standard InChI is InChI=1S/C16H20F2O2/c1-11-7-8-12(17)13(14(11)18)15(19)16(20-2)9-5-3-4-6-10-16/h7-8H,3-6,9-10H2,1-2H3. The monoisotopic (exact) mass is 282 g/mol. The first kappa shape index (κ1) is 15.1. The van der Waals surface area contributed by atoms with Crippen molar-refractivity contribution in [3.05, 3.63) is 34.9 Å². The molecule has 2 nitrogen and oxygen atoms in total. The predicted molar refractivity (Wildman–Crippen MR) is 72.9 cm³/mol. The molecule has 0 aromatic heterocycles. The second-order valence-corrected chi connectivity index (χ2v) is 5.50. The Kier molecular flexibility index (Phi) is 4.53. The fourth-order valence-corrected chi connectivity index (χ4v) is 2.92. The van der Waals surface area contributed by atoms with Gasteiger partial charge in [0.2, 0.25) is 5.78 Å². The number of benzene rings is 1. The fraction of sp³-hybridized carbons (Fsp3) is 0.562. The molecule has 0 spiro atoms. The lowest BCUT2D eigenvalue weighted by atomic mass is 9.85. The Morgan fingerprint density at radius 1 is 1.15 bits per heavy atom. The number of carbonyl (C=O) groups excluding carboxylic acids is 1. The van der Waals surface area contributed by atoms with Gasteiger partial charge in [-0.3, -0.25) is 4.79 Å². The highest BCUT2D eigenvalue weighted by Crippen LogP contribution is 2.34. The first-order chi connectivity index (χ1) is 9.52. The maximum absolute atomic E-state index is 14.2. The summed E-state index contributed by atoms with van der Waals surface area (Å²) in [5, 5.41) is 0. The van der Waals surface area contributed by atoms with Crippen LogP contribution in [0.5, 0.6) is 0 Å². The van der Waals surface area contributed by atoms with Gasteiger partial charge in [-0.05, 0) is 31.4 Å². The average Bonchev–Trinajstić information content (AvgIpc) is 2.69. The molecular formula is C16H20F2O2. The minimum atomic E-state index is -1.08. The van der Waals surface area contributed by atoms with E-state index in [4.69, 9.17) is 4.74 Å². The zero-order chi connectivity index (χ0) is 14.8. The summed E-state index contributed by atoms with van der Waals surface area (Å²) in [6, 6.07) is 2.49. The van der Waals surface area contributed by atoms with Crippen molar-refractivity contribution in [2.75, 3.05) is 7.11 Å². The molecule has 0 bridgehead atoms. The molecule has 0 aliphatic heterocycles. The first-order valence-electron chi connectivity index (χ1n) is 7.06. The van der Waals surface area contributed by atoms with Crippen LogP contribution in [-0.2, 0) is 4.74 Å². The summed E-state index contributed by atoms with van der Waals surface area (Å²) in [4.78, 5) is 12.7. The number of hydrogen-bond donors (Lipinski definition) is 0. The number of hydrogen-bond acceptors (Lipinski definition) is 2. The molecule has 0 atom stereocenters. The van der Waals surface area contributed by atoms with Gasteiger partial charge in [-0.2, -0.15) is 0 Å². The maximum atomic E-state index is 14.2. The van der Waals surface area contributed by atoms with Gasteiger partial charge in [0.1, 0.15) is 17.2 Å². The molecule has 0 unspecified atom stereocenters. The average molecular weight is 282 g/mol. The molecule has 1 aliphatic carbocycles. The van der Waals surface area contributed by atoms with Crippen molar-refractivity contribution in [2.24, 2.45) is 0 Å². The van der Waals surface area contributed by atoms with Crippen molar-refractivity contribution < 1.29 is 18.3 Å². The van der Waals surface area contributed by atoms with Crippen LogP contribution in [0.1, 0.15) is 54.4 Å². The summed E-state index contributed by atoms with van der Waals surface area (Å²) in [5.74, 6) is -2.13. The van der Waals surface area contributed by atoms with Gasteiger partial charge in [-0.1, -0.05) is 31.7 Å². The van der Waals surface area contributed by atoms with E-state index >= 15 is 0 Å². The fourth-order valence-electron chi connectivity index (χ4n) is 2.92. The summed E-state index contributed by atoms with van der Waals surface area (Å²) in [6.45, 7) is 1.53. The Morgan fingerprint density at radius 2 is 1.75 bits per heavy atom. The van der Waals surface area contributed by atoms with Crippen LogP contribution in [0.3, 0.4) is 0 Å². The molecule has 0 radical (unpaired) electrons. The van der Waals surface area contributed by atoms with Crippen molar-refractivity contribution in [3.8, 4) is 0 Å². The third kappa shape index (κ3) is 2.62. The zero-order valence-electron chi connectivity index (χ0n) is 12.0. The van der Waals surface area contributed by atoms with Gasteiger partial charge < -0.3 is 4.74 Å². The van der Waals surface area contributed by atoms with Crippen LogP contribution in [0.25, 0.3) is 0 Å². The Labute approximate surface area is 118 Å². The minimum absolute atomic E-state index is 0.273. The number of rotatable bonds is 3. The van der Waals surface area contributed by atoms with E-state index < -0.39 is 28.6 Å². The van der Waals surface area contributed by atoms with Crippen LogP contribution in [0.4, 0.5) is 8.78 Å². The molecule has 20 heavy (non-hydrogen) atoms. The summed E-state index contributed by atoms with van der Waals surface area (Å²) in [7, 11) is 1.45. The lowest BCUT2D eigenvalue weighted by Crippen LogP contribution is -2.41. The topological polar surface area (TPSA) is 26.3 Å². The summed E-state index contributed by atoms with van der Waals surface area (Å²) in [5.41, 5.74) is -1.25. The molecule has 0 heterocycles. The highest BCUT2D eigenvalue weighted by molar-refractivity contribution is 6.03. The van der Waals surface area contributed by atoms with Crippen molar-refractivity contribution in [2.45, 2.75) is 51.0 Å². The molecule has 1 aromatic rings. The lowest BCUT2D eigenvalue weighted by molar-refractivity contribution is -0.00756. The van der Waals surface area contributed by atoms with E-state index in [1.54, 1.807) is 0 Å². The second kappa shape index (κ2) is 6.00. The molecule has 2 rings (SSSR count). The van der Waals surface area contributed by atoms with Crippen LogP contribution in [0, 0.1) is 18.6 Å². The molecule has 4 heteroatoms. The van der Waals surface area contributed by atoms with E-state index in [2.05, 4.69) is 0 Å². The highest BCUT2D eigenvalue weighted by atomic mass is 19.1. The Morgan fingerprint density at radius 3 is 2.30 bits per heavy atom. The lowest BCUT2D eigenvalue weighted by Gasteiger charge is -2.30. The molecule has 110 valence electrons. The maximum Gasteiger partial charge on any atom is 0.200 e. The molecule has 1 saturated carbocycles. The van der Waals surface area contributed by atoms with E-state index in [-0.39, 0.29) is 5.56 Å². The largest absolute Gasteiger partial charge is 0.370 e.